The van der Waals surface area contributed by atoms with Crippen molar-refractivity contribution in [2.45, 2.75) is 26.4 Å². The molecule has 1 atom stereocenters. The van der Waals surface area contributed by atoms with Crippen LogP contribution in [0.1, 0.15) is 31.2 Å². The molecule has 0 aliphatic heterocycles. The van der Waals surface area contributed by atoms with E-state index >= 15 is 0 Å². The third-order valence-electron chi connectivity index (χ3n) is 2.81. The second-order valence-electron chi connectivity index (χ2n) is 4.49. The molecule has 2 rings (SSSR count). The van der Waals surface area contributed by atoms with E-state index in [1.165, 1.54) is 5.56 Å². The molecule has 1 N–H and O–H groups in total. The molecule has 0 amide bonds. The van der Waals surface area contributed by atoms with Crippen LogP contribution in [-0.4, -0.2) is 5.16 Å². The maximum absolute atomic E-state index is 5.09. The molecule has 0 radical (unpaired) electrons. The summed E-state index contributed by atoms with van der Waals surface area (Å²) in [5, 5.41) is 7.21. The zero-order chi connectivity index (χ0) is 12.1. The van der Waals surface area contributed by atoms with Gasteiger partial charge in [-0.05, 0) is 11.5 Å². The first-order valence-corrected chi connectivity index (χ1v) is 5.95. The highest BCUT2D eigenvalue weighted by atomic mass is 16.5. The fraction of sp³-hybridized carbons (Fsp3) is 0.357. The van der Waals surface area contributed by atoms with Crippen LogP contribution in [0, 0.1) is 5.92 Å². The molecule has 0 fully saturated rings. The monoisotopic (exact) mass is 230 g/mol. The predicted octanol–water partition coefficient (Wildman–Crippen LogP) is 3.16. The highest BCUT2D eigenvalue weighted by molar-refractivity contribution is 5.19. The number of nitrogens with one attached hydrogen (secondary N) is 1. The predicted molar refractivity (Wildman–Crippen MR) is 67.4 cm³/mol. The smallest absolute Gasteiger partial charge is 0.150 e. The Hall–Kier alpha value is -1.61. The van der Waals surface area contributed by atoms with Crippen LogP contribution in [0.25, 0.3) is 0 Å². The van der Waals surface area contributed by atoms with E-state index in [1.807, 2.05) is 12.1 Å². The Morgan fingerprint density at radius 3 is 2.53 bits per heavy atom. The minimum atomic E-state index is 0.335. The van der Waals surface area contributed by atoms with E-state index in [1.54, 1.807) is 6.20 Å². The third-order valence-corrected chi connectivity index (χ3v) is 2.81. The molecule has 3 heteroatoms. The summed E-state index contributed by atoms with van der Waals surface area (Å²) in [7, 11) is 0. The SMILES string of the molecule is CC(C)C(NCc1ccno1)c1ccccc1. The lowest BCUT2D eigenvalue weighted by molar-refractivity contribution is 0.343. The van der Waals surface area contributed by atoms with E-state index in [9.17, 15) is 0 Å². The number of nitrogens with zero attached hydrogens (tertiary/aromatic N) is 1. The van der Waals surface area contributed by atoms with Crippen LogP contribution in [0.4, 0.5) is 0 Å². The zero-order valence-corrected chi connectivity index (χ0v) is 10.3. The quantitative estimate of drug-likeness (QED) is 0.857. The zero-order valence-electron chi connectivity index (χ0n) is 10.3. The molecular formula is C14H18N2O. The maximum atomic E-state index is 5.09. The second-order valence-corrected chi connectivity index (χ2v) is 4.49. The van der Waals surface area contributed by atoms with Crippen molar-refractivity contribution in [1.29, 1.82) is 0 Å². The molecule has 0 aliphatic carbocycles. The highest BCUT2D eigenvalue weighted by Gasteiger charge is 2.15. The van der Waals surface area contributed by atoms with Crippen LogP contribution >= 0.6 is 0 Å². The Kier molecular flexibility index (Phi) is 3.94. The van der Waals surface area contributed by atoms with Gasteiger partial charge >= 0.3 is 0 Å². The van der Waals surface area contributed by atoms with Crippen molar-refractivity contribution in [1.82, 2.24) is 10.5 Å². The Morgan fingerprint density at radius 2 is 1.94 bits per heavy atom. The van der Waals surface area contributed by atoms with E-state index in [4.69, 9.17) is 4.52 Å². The molecule has 3 nitrogen and oxygen atoms in total. The fourth-order valence-electron chi connectivity index (χ4n) is 1.94. The van der Waals surface area contributed by atoms with Crippen LogP contribution in [0.15, 0.2) is 47.1 Å². The van der Waals surface area contributed by atoms with Crippen molar-refractivity contribution < 1.29 is 4.52 Å². The van der Waals surface area contributed by atoms with Gasteiger partial charge < -0.3 is 9.84 Å². The first-order valence-electron chi connectivity index (χ1n) is 5.95. The molecule has 1 unspecified atom stereocenters. The van der Waals surface area contributed by atoms with Gasteiger partial charge in [-0.25, -0.2) is 0 Å². The molecule has 0 bridgehead atoms. The molecule has 1 aromatic heterocycles. The minimum absolute atomic E-state index is 0.335. The third kappa shape index (κ3) is 3.17. The molecule has 17 heavy (non-hydrogen) atoms. The molecule has 90 valence electrons. The lowest BCUT2D eigenvalue weighted by Crippen LogP contribution is -2.25. The maximum Gasteiger partial charge on any atom is 0.150 e. The van der Waals surface area contributed by atoms with E-state index in [2.05, 4.69) is 48.6 Å². The number of hydrogen-bond acceptors (Lipinski definition) is 3. The van der Waals surface area contributed by atoms with Gasteiger partial charge in [0.15, 0.2) is 0 Å². The van der Waals surface area contributed by atoms with Crippen molar-refractivity contribution in [3.8, 4) is 0 Å². The van der Waals surface area contributed by atoms with Crippen LogP contribution < -0.4 is 5.32 Å². The number of aromatic nitrogens is 1. The van der Waals surface area contributed by atoms with Crippen molar-refractivity contribution in [3.63, 3.8) is 0 Å². The van der Waals surface area contributed by atoms with Crippen molar-refractivity contribution in [2.75, 3.05) is 0 Å². The van der Waals surface area contributed by atoms with E-state index in [-0.39, 0.29) is 0 Å². The summed E-state index contributed by atoms with van der Waals surface area (Å²) in [6.45, 7) is 5.13. The molecule has 0 saturated heterocycles. The van der Waals surface area contributed by atoms with Crippen molar-refractivity contribution >= 4 is 0 Å². The Labute approximate surface area is 102 Å². The Bertz CT molecular complexity index is 423. The molecule has 0 aliphatic rings. The molecule has 1 heterocycles. The van der Waals surface area contributed by atoms with Gasteiger partial charge in [-0.2, -0.15) is 0 Å². The van der Waals surface area contributed by atoms with Gasteiger partial charge in [0.25, 0.3) is 0 Å². The largest absolute Gasteiger partial charge is 0.360 e. The average molecular weight is 230 g/mol. The number of rotatable bonds is 5. The first kappa shape index (κ1) is 11.9. The van der Waals surface area contributed by atoms with E-state index in [0.29, 0.717) is 18.5 Å². The number of hydrogen-bond donors (Lipinski definition) is 1. The summed E-state index contributed by atoms with van der Waals surface area (Å²) >= 11 is 0. The Morgan fingerprint density at radius 1 is 1.18 bits per heavy atom. The average Bonchev–Trinajstić information content (AvgIpc) is 2.83. The highest BCUT2D eigenvalue weighted by Crippen LogP contribution is 2.21. The standard InChI is InChI=1S/C14H18N2O/c1-11(2)14(12-6-4-3-5-7-12)15-10-13-8-9-16-17-13/h3-9,11,14-15H,10H2,1-2H3. The van der Waals surface area contributed by atoms with Gasteiger partial charge in [0.05, 0.1) is 12.7 Å². The summed E-state index contributed by atoms with van der Waals surface area (Å²) < 4.78 is 5.09. The van der Waals surface area contributed by atoms with Crippen molar-refractivity contribution in [3.05, 3.63) is 53.9 Å². The summed E-state index contributed by atoms with van der Waals surface area (Å²) in [5.74, 6) is 1.40. The molecule has 1 aromatic carbocycles. The van der Waals surface area contributed by atoms with E-state index < -0.39 is 0 Å². The molecule has 2 aromatic rings. The van der Waals surface area contributed by atoms with Gasteiger partial charge in [-0.3, -0.25) is 0 Å². The topological polar surface area (TPSA) is 38.1 Å². The van der Waals surface area contributed by atoms with Gasteiger partial charge in [0.2, 0.25) is 0 Å². The number of benzene rings is 1. The van der Waals surface area contributed by atoms with E-state index in [0.717, 1.165) is 5.76 Å². The van der Waals surface area contributed by atoms with Crippen LogP contribution in [0.3, 0.4) is 0 Å². The van der Waals surface area contributed by atoms with Crippen molar-refractivity contribution in [2.24, 2.45) is 5.92 Å². The fourth-order valence-corrected chi connectivity index (χ4v) is 1.94. The van der Waals surface area contributed by atoms with Crippen LogP contribution in [0.5, 0.6) is 0 Å². The summed E-state index contributed by atoms with van der Waals surface area (Å²) in [6, 6.07) is 12.7. The minimum Gasteiger partial charge on any atom is -0.360 e. The first-order chi connectivity index (χ1) is 8.27. The normalized spacial score (nSPS) is 12.9. The lowest BCUT2D eigenvalue weighted by Gasteiger charge is -2.22. The van der Waals surface area contributed by atoms with Gasteiger partial charge in [0.1, 0.15) is 5.76 Å². The Balaban J connectivity index is 2.03. The van der Waals surface area contributed by atoms with Crippen LogP contribution in [-0.2, 0) is 6.54 Å². The summed E-state index contributed by atoms with van der Waals surface area (Å²) in [6.07, 6.45) is 1.67. The molecular weight excluding hydrogens is 212 g/mol. The lowest BCUT2D eigenvalue weighted by atomic mass is 9.96. The molecule has 0 saturated carbocycles. The summed E-state index contributed by atoms with van der Waals surface area (Å²) in [4.78, 5) is 0. The van der Waals surface area contributed by atoms with Gasteiger partial charge in [0, 0.05) is 12.1 Å². The second kappa shape index (κ2) is 5.64. The van der Waals surface area contributed by atoms with Gasteiger partial charge in [-0.15, -0.1) is 0 Å². The summed E-state index contributed by atoms with van der Waals surface area (Å²) in [5.41, 5.74) is 1.31. The molecule has 0 spiro atoms. The van der Waals surface area contributed by atoms with Gasteiger partial charge in [-0.1, -0.05) is 49.3 Å². The van der Waals surface area contributed by atoms with Crippen LogP contribution in [0.2, 0.25) is 0 Å².